The van der Waals surface area contributed by atoms with Crippen LogP contribution in [-0.4, -0.2) is 43.3 Å². The lowest BCUT2D eigenvalue weighted by Gasteiger charge is -2.33. The molecule has 0 aromatic carbocycles. The van der Waals surface area contributed by atoms with Gasteiger partial charge in [-0.25, -0.2) is 9.97 Å². The predicted octanol–water partition coefficient (Wildman–Crippen LogP) is 2.42. The number of halogens is 1. The van der Waals surface area contributed by atoms with Gasteiger partial charge in [-0.1, -0.05) is 11.6 Å². The van der Waals surface area contributed by atoms with Crippen molar-refractivity contribution in [3.8, 4) is 0 Å². The third-order valence-corrected chi connectivity index (χ3v) is 3.79. The Morgan fingerprint density at radius 1 is 1.42 bits per heavy atom. The molecule has 1 aliphatic rings. The molecule has 0 aliphatic carbocycles. The highest BCUT2D eigenvalue weighted by molar-refractivity contribution is 6.32. The minimum absolute atomic E-state index is 0.476. The van der Waals surface area contributed by atoms with Crippen molar-refractivity contribution < 1.29 is 4.74 Å². The van der Waals surface area contributed by atoms with E-state index in [0.29, 0.717) is 11.1 Å². The lowest BCUT2D eigenvalue weighted by Crippen LogP contribution is -2.36. The topological polar surface area (TPSA) is 50.3 Å². The molecule has 2 rings (SSSR count). The number of anilines is 2. The lowest BCUT2D eigenvalue weighted by atomic mass is 9.98. The molecule has 106 valence electrons. The van der Waals surface area contributed by atoms with Crippen molar-refractivity contribution in [1.29, 1.82) is 0 Å². The summed E-state index contributed by atoms with van der Waals surface area (Å²) < 4.78 is 5.50. The molecule has 0 bridgehead atoms. The monoisotopic (exact) mass is 284 g/mol. The number of hydrogen-bond acceptors (Lipinski definition) is 5. The predicted molar refractivity (Wildman–Crippen MR) is 78.0 cm³/mol. The summed E-state index contributed by atoms with van der Waals surface area (Å²) in [7, 11) is 1.84. The highest BCUT2D eigenvalue weighted by Gasteiger charge is 2.22. The van der Waals surface area contributed by atoms with E-state index < -0.39 is 0 Å². The van der Waals surface area contributed by atoms with Gasteiger partial charge < -0.3 is 15.0 Å². The number of aromatic nitrogens is 2. The van der Waals surface area contributed by atoms with Crippen LogP contribution in [0.2, 0.25) is 5.15 Å². The largest absolute Gasteiger partial charge is 0.383 e. The molecule has 1 aromatic rings. The van der Waals surface area contributed by atoms with Crippen LogP contribution in [0, 0.1) is 5.92 Å². The van der Waals surface area contributed by atoms with E-state index in [4.69, 9.17) is 16.3 Å². The highest BCUT2D eigenvalue weighted by Crippen LogP contribution is 2.31. The molecule has 1 N–H and O–H groups in total. The van der Waals surface area contributed by atoms with E-state index in [1.807, 2.05) is 14.0 Å². The maximum Gasteiger partial charge on any atom is 0.157 e. The van der Waals surface area contributed by atoms with Gasteiger partial charge in [-0.15, -0.1) is 0 Å². The molecule has 0 saturated carbocycles. The van der Waals surface area contributed by atoms with Crippen LogP contribution in [0.5, 0.6) is 0 Å². The Morgan fingerprint density at radius 3 is 2.79 bits per heavy atom. The number of ether oxygens (including phenoxy) is 1. The van der Waals surface area contributed by atoms with E-state index in [0.717, 1.165) is 50.7 Å². The number of rotatable bonds is 5. The molecule has 0 amide bonds. The number of nitrogens with zero attached hydrogens (tertiary/aromatic N) is 3. The molecule has 1 aromatic heterocycles. The van der Waals surface area contributed by atoms with Crippen LogP contribution < -0.4 is 10.2 Å². The Balaban J connectivity index is 1.99. The second-order valence-corrected chi connectivity index (χ2v) is 5.06. The Labute approximate surface area is 119 Å². The fourth-order valence-electron chi connectivity index (χ4n) is 2.41. The summed E-state index contributed by atoms with van der Waals surface area (Å²) in [6.45, 7) is 5.68. The molecular formula is C13H21ClN4O. The van der Waals surface area contributed by atoms with Crippen molar-refractivity contribution in [2.45, 2.75) is 19.8 Å². The second-order valence-electron chi connectivity index (χ2n) is 4.70. The van der Waals surface area contributed by atoms with Gasteiger partial charge in [0.2, 0.25) is 0 Å². The molecule has 5 nitrogen and oxygen atoms in total. The van der Waals surface area contributed by atoms with E-state index in [2.05, 4.69) is 20.2 Å². The van der Waals surface area contributed by atoms with Crippen LogP contribution in [0.1, 0.15) is 19.8 Å². The van der Waals surface area contributed by atoms with E-state index >= 15 is 0 Å². The van der Waals surface area contributed by atoms with Crippen molar-refractivity contribution >= 4 is 23.1 Å². The minimum atomic E-state index is 0.476. The van der Waals surface area contributed by atoms with Gasteiger partial charge in [0.25, 0.3) is 0 Å². The standard InChI is InChI=1S/C13H21ClN4O/c1-3-19-8-10-4-6-18(7-5-10)13-11(15-2)12(14)16-9-17-13/h9-10,15H,3-8H2,1-2H3. The van der Waals surface area contributed by atoms with Gasteiger partial charge in [0.15, 0.2) is 11.0 Å². The van der Waals surface area contributed by atoms with Crippen LogP contribution in [0.4, 0.5) is 11.5 Å². The van der Waals surface area contributed by atoms with Crippen molar-refractivity contribution in [3.05, 3.63) is 11.5 Å². The van der Waals surface area contributed by atoms with E-state index in [1.54, 1.807) is 0 Å². The van der Waals surface area contributed by atoms with Crippen LogP contribution in [-0.2, 0) is 4.74 Å². The zero-order valence-corrected chi connectivity index (χ0v) is 12.3. The SMILES string of the molecule is CCOCC1CCN(c2ncnc(Cl)c2NC)CC1. The first-order valence-electron chi connectivity index (χ1n) is 6.77. The van der Waals surface area contributed by atoms with Crippen molar-refractivity contribution in [2.75, 3.05) is 43.6 Å². The van der Waals surface area contributed by atoms with Gasteiger partial charge in [0, 0.05) is 33.4 Å². The highest BCUT2D eigenvalue weighted by atomic mass is 35.5. The van der Waals surface area contributed by atoms with E-state index in [-0.39, 0.29) is 0 Å². The maximum absolute atomic E-state index is 6.09. The average Bonchev–Trinajstić information content (AvgIpc) is 2.45. The molecule has 19 heavy (non-hydrogen) atoms. The first-order chi connectivity index (χ1) is 9.26. The molecule has 0 radical (unpaired) electrons. The molecule has 6 heteroatoms. The summed E-state index contributed by atoms with van der Waals surface area (Å²) in [4.78, 5) is 10.6. The Hall–Kier alpha value is -1.07. The molecule has 0 unspecified atom stereocenters. The van der Waals surface area contributed by atoms with Crippen LogP contribution in [0.15, 0.2) is 6.33 Å². The fourth-order valence-corrected chi connectivity index (χ4v) is 2.63. The van der Waals surface area contributed by atoms with Gasteiger partial charge in [-0.05, 0) is 25.7 Å². The summed E-state index contributed by atoms with van der Waals surface area (Å²) in [6, 6.07) is 0. The molecule has 1 fully saturated rings. The Bertz CT molecular complexity index is 408. The molecule has 1 saturated heterocycles. The number of piperidine rings is 1. The lowest BCUT2D eigenvalue weighted by molar-refractivity contribution is 0.100. The number of nitrogens with one attached hydrogen (secondary N) is 1. The van der Waals surface area contributed by atoms with Gasteiger partial charge >= 0.3 is 0 Å². The minimum Gasteiger partial charge on any atom is -0.383 e. The summed E-state index contributed by atoms with van der Waals surface area (Å²) in [5.74, 6) is 1.56. The third-order valence-electron chi connectivity index (χ3n) is 3.50. The quantitative estimate of drug-likeness (QED) is 0.842. The third kappa shape index (κ3) is 3.48. The van der Waals surface area contributed by atoms with Gasteiger partial charge in [0.05, 0.1) is 0 Å². The van der Waals surface area contributed by atoms with E-state index in [1.165, 1.54) is 6.33 Å². The maximum atomic E-state index is 6.09. The van der Waals surface area contributed by atoms with Gasteiger partial charge in [-0.2, -0.15) is 0 Å². The molecule has 0 atom stereocenters. The van der Waals surface area contributed by atoms with E-state index in [9.17, 15) is 0 Å². The van der Waals surface area contributed by atoms with Crippen LogP contribution in [0.3, 0.4) is 0 Å². The Morgan fingerprint density at radius 2 is 2.16 bits per heavy atom. The molecule has 0 spiro atoms. The summed E-state index contributed by atoms with van der Waals surface area (Å²) >= 11 is 6.09. The van der Waals surface area contributed by atoms with Crippen LogP contribution >= 0.6 is 11.6 Å². The zero-order chi connectivity index (χ0) is 13.7. The molecular weight excluding hydrogens is 264 g/mol. The zero-order valence-electron chi connectivity index (χ0n) is 11.5. The summed E-state index contributed by atoms with van der Waals surface area (Å²) in [6.07, 6.45) is 3.78. The average molecular weight is 285 g/mol. The van der Waals surface area contributed by atoms with Crippen LogP contribution in [0.25, 0.3) is 0 Å². The first-order valence-corrected chi connectivity index (χ1v) is 7.15. The molecule has 1 aliphatic heterocycles. The normalized spacial score (nSPS) is 16.7. The van der Waals surface area contributed by atoms with Crippen molar-refractivity contribution in [1.82, 2.24) is 9.97 Å². The van der Waals surface area contributed by atoms with Crippen molar-refractivity contribution in [3.63, 3.8) is 0 Å². The smallest absolute Gasteiger partial charge is 0.157 e. The van der Waals surface area contributed by atoms with Gasteiger partial charge in [0.1, 0.15) is 12.0 Å². The Kier molecular flexibility index (Phi) is 5.22. The number of hydrogen-bond donors (Lipinski definition) is 1. The summed E-state index contributed by atoms with van der Waals surface area (Å²) in [5, 5.41) is 3.56. The first kappa shape index (κ1) is 14.3. The fraction of sp³-hybridized carbons (Fsp3) is 0.692. The molecule has 2 heterocycles. The van der Waals surface area contributed by atoms with Crippen molar-refractivity contribution in [2.24, 2.45) is 5.92 Å². The van der Waals surface area contributed by atoms with Gasteiger partial charge in [-0.3, -0.25) is 0 Å². The summed E-state index contributed by atoms with van der Waals surface area (Å²) in [5.41, 5.74) is 0.812. The second kappa shape index (κ2) is 6.91.